The van der Waals surface area contributed by atoms with Gasteiger partial charge in [0.2, 0.25) is 11.7 Å². The van der Waals surface area contributed by atoms with E-state index in [4.69, 9.17) is 9.26 Å². The van der Waals surface area contributed by atoms with E-state index in [1.165, 1.54) is 12.1 Å². The monoisotopic (exact) mass is 293 g/mol. The number of hydrogen-bond donors (Lipinski definition) is 1. The predicted molar refractivity (Wildman–Crippen MR) is 77.4 cm³/mol. The van der Waals surface area contributed by atoms with Crippen LogP contribution in [0.2, 0.25) is 0 Å². The van der Waals surface area contributed by atoms with E-state index in [0.717, 1.165) is 18.5 Å². The molecule has 0 saturated heterocycles. The molecule has 0 bridgehead atoms. The summed E-state index contributed by atoms with van der Waals surface area (Å²) in [7, 11) is 1.67. The average molecular weight is 293 g/mol. The lowest BCUT2D eigenvalue weighted by Crippen LogP contribution is -2.35. The third-order valence-corrected chi connectivity index (χ3v) is 3.04. The lowest BCUT2D eigenvalue weighted by atomic mass is 10.2. The molecule has 0 saturated carbocycles. The summed E-state index contributed by atoms with van der Waals surface area (Å²) in [5.41, 5.74) is 0.733. The Labute approximate surface area is 123 Å². The van der Waals surface area contributed by atoms with E-state index in [2.05, 4.69) is 22.4 Å². The Kier molecular flexibility index (Phi) is 5.83. The number of hydrogen-bond acceptors (Lipinski definition) is 5. The largest absolute Gasteiger partial charge is 0.383 e. The molecule has 114 valence electrons. The molecule has 0 radical (unpaired) electrons. The summed E-state index contributed by atoms with van der Waals surface area (Å²) in [4.78, 5) is 4.34. The summed E-state index contributed by atoms with van der Waals surface area (Å²) in [5.74, 6) is 0.725. The van der Waals surface area contributed by atoms with Crippen molar-refractivity contribution >= 4 is 0 Å². The first-order chi connectivity index (χ1) is 10.2. The Balaban J connectivity index is 2.02. The molecular weight excluding hydrogens is 273 g/mol. The van der Waals surface area contributed by atoms with Gasteiger partial charge in [-0.05, 0) is 37.2 Å². The van der Waals surface area contributed by atoms with Crippen molar-refractivity contribution in [3.8, 4) is 11.4 Å². The van der Waals surface area contributed by atoms with E-state index < -0.39 is 0 Å². The minimum absolute atomic E-state index is 0.136. The van der Waals surface area contributed by atoms with Crippen molar-refractivity contribution in [2.75, 3.05) is 20.3 Å². The first kappa shape index (κ1) is 15.6. The molecular formula is C15H20FN3O2. The quantitative estimate of drug-likeness (QED) is 0.810. The number of ether oxygens (including phenoxy) is 1. The van der Waals surface area contributed by atoms with Crippen LogP contribution in [-0.2, 0) is 11.2 Å². The molecule has 1 N–H and O–H groups in total. The average Bonchev–Trinajstić information content (AvgIpc) is 2.94. The van der Waals surface area contributed by atoms with Gasteiger partial charge in [0, 0.05) is 25.1 Å². The molecule has 2 rings (SSSR count). The molecule has 21 heavy (non-hydrogen) atoms. The van der Waals surface area contributed by atoms with E-state index in [-0.39, 0.29) is 11.9 Å². The van der Waals surface area contributed by atoms with Gasteiger partial charge in [-0.3, -0.25) is 0 Å². The maximum Gasteiger partial charge on any atom is 0.228 e. The van der Waals surface area contributed by atoms with Gasteiger partial charge in [-0.15, -0.1) is 0 Å². The second-order valence-electron chi connectivity index (χ2n) is 4.83. The Bertz CT molecular complexity index is 542. The van der Waals surface area contributed by atoms with Crippen molar-refractivity contribution in [3.05, 3.63) is 36.0 Å². The molecule has 0 amide bonds. The highest BCUT2D eigenvalue weighted by Gasteiger charge is 2.15. The molecule has 6 heteroatoms. The van der Waals surface area contributed by atoms with Crippen molar-refractivity contribution in [1.82, 2.24) is 15.5 Å². The van der Waals surface area contributed by atoms with Crippen LogP contribution in [0.5, 0.6) is 0 Å². The van der Waals surface area contributed by atoms with Crippen LogP contribution in [0.3, 0.4) is 0 Å². The fourth-order valence-corrected chi connectivity index (χ4v) is 2.00. The summed E-state index contributed by atoms with van der Waals surface area (Å²) < 4.78 is 23.3. The first-order valence-corrected chi connectivity index (χ1v) is 7.03. The summed E-state index contributed by atoms with van der Waals surface area (Å²) >= 11 is 0. The number of nitrogens with one attached hydrogen (secondary N) is 1. The molecule has 1 aromatic carbocycles. The minimum Gasteiger partial charge on any atom is -0.383 e. The van der Waals surface area contributed by atoms with Crippen LogP contribution in [0.1, 0.15) is 19.2 Å². The molecule has 1 unspecified atom stereocenters. The van der Waals surface area contributed by atoms with Gasteiger partial charge in [-0.1, -0.05) is 12.1 Å². The number of benzene rings is 1. The van der Waals surface area contributed by atoms with E-state index in [9.17, 15) is 4.39 Å². The maximum atomic E-state index is 12.9. The zero-order valence-electron chi connectivity index (χ0n) is 12.3. The van der Waals surface area contributed by atoms with Crippen molar-refractivity contribution < 1.29 is 13.7 Å². The van der Waals surface area contributed by atoms with Crippen LogP contribution >= 0.6 is 0 Å². The van der Waals surface area contributed by atoms with Crippen molar-refractivity contribution in [2.45, 2.75) is 25.8 Å². The predicted octanol–water partition coefficient (Wildman–Crippen LogP) is 2.43. The Morgan fingerprint density at radius 3 is 2.76 bits per heavy atom. The molecule has 2 aromatic rings. The standard InChI is InChI=1S/C15H20FN3O2/c1-3-8-17-13(10-20-2)9-14-18-15(19-21-14)11-4-6-12(16)7-5-11/h4-7,13,17H,3,8-10H2,1-2H3. The fraction of sp³-hybridized carbons (Fsp3) is 0.467. The molecule has 0 aliphatic heterocycles. The van der Waals surface area contributed by atoms with Gasteiger partial charge >= 0.3 is 0 Å². The molecule has 0 aliphatic rings. The van der Waals surface area contributed by atoms with E-state index in [1.54, 1.807) is 19.2 Å². The summed E-state index contributed by atoms with van der Waals surface area (Å²) in [5, 5.41) is 7.31. The molecule has 5 nitrogen and oxygen atoms in total. The lowest BCUT2D eigenvalue weighted by Gasteiger charge is -2.15. The molecule has 0 aliphatic carbocycles. The molecule has 0 spiro atoms. The Hall–Kier alpha value is -1.79. The van der Waals surface area contributed by atoms with E-state index in [0.29, 0.717) is 24.7 Å². The zero-order chi connectivity index (χ0) is 15.1. The first-order valence-electron chi connectivity index (χ1n) is 7.03. The van der Waals surface area contributed by atoms with Gasteiger partial charge in [-0.2, -0.15) is 4.98 Å². The maximum absolute atomic E-state index is 12.9. The zero-order valence-corrected chi connectivity index (χ0v) is 12.3. The normalized spacial score (nSPS) is 12.5. The van der Waals surface area contributed by atoms with Gasteiger partial charge in [-0.25, -0.2) is 4.39 Å². The number of rotatable bonds is 8. The summed E-state index contributed by atoms with van der Waals surface area (Å²) in [6, 6.07) is 6.15. The van der Waals surface area contributed by atoms with Crippen molar-refractivity contribution in [1.29, 1.82) is 0 Å². The lowest BCUT2D eigenvalue weighted by molar-refractivity contribution is 0.161. The second-order valence-corrected chi connectivity index (χ2v) is 4.83. The topological polar surface area (TPSA) is 60.2 Å². The Morgan fingerprint density at radius 1 is 1.33 bits per heavy atom. The van der Waals surface area contributed by atoms with Crippen LogP contribution in [0.4, 0.5) is 4.39 Å². The van der Waals surface area contributed by atoms with Crippen LogP contribution in [0.25, 0.3) is 11.4 Å². The summed E-state index contributed by atoms with van der Waals surface area (Å²) in [6.45, 7) is 3.59. The minimum atomic E-state index is -0.286. The van der Waals surface area contributed by atoms with Crippen LogP contribution in [-0.4, -0.2) is 36.4 Å². The Morgan fingerprint density at radius 2 is 2.10 bits per heavy atom. The van der Waals surface area contributed by atoms with Gasteiger partial charge in [0.05, 0.1) is 6.61 Å². The SMILES string of the molecule is CCCNC(COC)Cc1nc(-c2ccc(F)cc2)no1. The second kappa shape index (κ2) is 7.85. The van der Waals surface area contributed by atoms with Crippen molar-refractivity contribution in [2.24, 2.45) is 0 Å². The third kappa shape index (κ3) is 4.61. The highest BCUT2D eigenvalue weighted by molar-refractivity contribution is 5.53. The molecule has 1 atom stereocenters. The van der Waals surface area contributed by atoms with Crippen LogP contribution < -0.4 is 5.32 Å². The number of aromatic nitrogens is 2. The van der Waals surface area contributed by atoms with Crippen LogP contribution in [0, 0.1) is 5.82 Å². The third-order valence-electron chi connectivity index (χ3n) is 3.04. The van der Waals surface area contributed by atoms with E-state index in [1.807, 2.05) is 0 Å². The van der Waals surface area contributed by atoms with Gasteiger partial charge in [0.25, 0.3) is 0 Å². The van der Waals surface area contributed by atoms with Gasteiger partial charge < -0.3 is 14.6 Å². The number of halogens is 1. The highest BCUT2D eigenvalue weighted by atomic mass is 19.1. The number of nitrogens with zero attached hydrogens (tertiary/aromatic N) is 2. The molecule has 1 heterocycles. The fourth-order valence-electron chi connectivity index (χ4n) is 2.00. The van der Waals surface area contributed by atoms with E-state index >= 15 is 0 Å². The smallest absolute Gasteiger partial charge is 0.228 e. The molecule has 0 fully saturated rings. The van der Waals surface area contributed by atoms with Crippen LogP contribution in [0.15, 0.2) is 28.8 Å². The van der Waals surface area contributed by atoms with Gasteiger partial charge in [0.15, 0.2) is 0 Å². The number of methoxy groups -OCH3 is 1. The highest BCUT2D eigenvalue weighted by Crippen LogP contribution is 2.16. The van der Waals surface area contributed by atoms with Crippen molar-refractivity contribution in [3.63, 3.8) is 0 Å². The summed E-state index contributed by atoms with van der Waals surface area (Å²) in [6.07, 6.45) is 1.65. The van der Waals surface area contributed by atoms with Gasteiger partial charge in [0.1, 0.15) is 5.82 Å². The molecule has 1 aromatic heterocycles.